The fourth-order valence-electron chi connectivity index (χ4n) is 1.73. The molecule has 98 valence electrons. The van der Waals surface area contributed by atoms with Gasteiger partial charge in [0.15, 0.2) is 11.5 Å². The number of hydrogen-bond acceptors (Lipinski definition) is 4. The number of nitrogens with one attached hydrogen (secondary N) is 1. The molecular weight excluding hydrogens is 247 g/mol. The molecule has 2 aromatic rings. The van der Waals surface area contributed by atoms with Gasteiger partial charge in [0.05, 0.1) is 13.1 Å². The van der Waals surface area contributed by atoms with Crippen molar-refractivity contribution >= 4 is 5.65 Å². The quantitative estimate of drug-likeness (QED) is 0.905. The number of hydrogen-bond donors (Lipinski definition) is 1. The number of fused-ring (bicyclic) bond motifs is 1. The van der Waals surface area contributed by atoms with Crippen LogP contribution in [0, 0.1) is 13.8 Å². The highest BCUT2D eigenvalue weighted by molar-refractivity contribution is 5.39. The van der Waals surface area contributed by atoms with Gasteiger partial charge in [-0.15, -0.1) is 10.2 Å². The van der Waals surface area contributed by atoms with Gasteiger partial charge >= 0.3 is 6.18 Å². The van der Waals surface area contributed by atoms with Crippen molar-refractivity contribution in [3.63, 3.8) is 0 Å². The molecule has 1 N–H and O–H groups in total. The van der Waals surface area contributed by atoms with E-state index in [1.165, 1.54) is 0 Å². The molecule has 0 aliphatic heterocycles. The molecule has 0 aromatic carbocycles. The molecule has 0 saturated heterocycles. The molecule has 0 aliphatic carbocycles. The molecule has 18 heavy (non-hydrogen) atoms. The van der Waals surface area contributed by atoms with Crippen LogP contribution in [0.4, 0.5) is 13.2 Å². The maximum absolute atomic E-state index is 12.0. The van der Waals surface area contributed by atoms with Gasteiger partial charge in [-0.3, -0.25) is 4.40 Å². The van der Waals surface area contributed by atoms with Crippen LogP contribution in [0.1, 0.15) is 17.3 Å². The Kier molecular flexibility index (Phi) is 3.20. The van der Waals surface area contributed by atoms with Crippen molar-refractivity contribution in [3.05, 3.63) is 23.4 Å². The van der Waals surface area contributed by atoms with Crippen molar-refractivity contribution in [1.82, 2.24) is 24.9 Å². The third-order valence-corrected chi connectivity index (χ3v) is 2.36. The largest absolute Gasteiger partial charge is 0.401 e. The summed E-state index contributed by atoms with van der Waals surface area (Å²) in [5.41, 5.74) is 1.38. The number of nitrogens with zero attached hydrogens (tertiary/aromatic N) is 4. The molecule has 0 fully saturated rings. The van der Waals surface area contributed by atoms with Gasteiger partial charge in [-0.05, 0) is 13.8 Å². The lowest BCUT2D eigenvalue weighted by atomic mass is 10.4. The van der Waals surface area contributed by atoms with Gasteiger partial charge in [0.1, 0.15) is 5.82 Å². The zero-order valence-corrected chi connectivity index (χ0v) is 9.91. The lowest BCUT2D eigenvalue weighted by Crippen LogP contribution is -2.29. The van der Waals surface area contributed by atoms with Gasteiger partial charge < -0.3 is 5.32 Å². The number of aromatic nitrogens is 4. The number of halogens is 3. The molecule has 0 saturated carbocycles. The Morgan fingerprint density at radius 2 is 2.00 bits per heavy atom. The first-order valence-electron chi connectivity index (χ1n) is 5.32. The van der Waals surface area contributed by atoms with Crippen LogP contribution in [0.15, 0.2) is 6.07 Å². The maximum atomic E-state index is 12.0. The normalized spacial score (nSPS) is 12.3. The highest BCUT2D eigenvalue weighted by Gasteiger charge is 2.26. The van der Waals surface area contributed by atoms with Crippen molar-refractivity contribution in [1.29, 1.82) is 0 Å². The van der Waals surface area contributed by atoms with E-state index in [1.54, 1.807) is 17.4 Å². The van der Waals surface area contributed by atoms with Gasteiger partial charge in [0, 0.05) is 11.8 Å². The Morgan fingerprint density at radius 3 is 2.67 bits per heavy atom. The molecule has 2 aromatic heterocycles. The summed E-state index contributed by atoms with van der Waals surface area (Å²) >= 11 is 0. The Balaban J connectivity index is 2.19. The molecule has 2 heterocycles. The molecule has 5 nitrogen and oxygen atoms in total. The predicted molar refractivity (Wildman–Crippen MR) is 58.0 cm³/mol. The molecule has 0 unspecified atom stereocenters. The van der Waals surface area contributed by atoms with Crippen LogP contribution in [0.3, 0.4) is 0 Å². The summed E-state index contributed by atoms with van der Waals surface area (Å²) in [5.74, 6) is 1.07. The first-order valence-corrected chi connectivity index (χ1v) is 5.32. The second-order valence-electron chi connectivity index (χ2n) is 3.97. The summed E-state index contributed by atoms with van der Waals surface area (Å²) in [6.45, 7) is 2.52. The van der Waals surface area contributed by atoms with E-state index < -0.39 is 12.7 Å². The second kappa shape index (κ2) is 4.52. The van der Waals surface area contributed by atoms with Gasteiger partial charge in [-0.25, -0.2) is 4.98 Å². The van der Waals surface area contributed by atoms with E-state index in [4.69, 9.17) is 0 Å². The SMILES string of the molecule is Cc1cc2nnc(CNCC(F)(F)F)n2c(C)n1. The summed E-state index contributed by atoms with van der Waals surface area (Å²) in [7, 11) is 0. The number of aryl methyl sites for hydroxylation is 2. The zero-order chi connectivity index (χ0) is 13.3. The molecule has 0 radical (unpaired) electrons. The van der Waals surface area contributed by atoms with E-state index in [0.717, 1.165) is 5.69 Å². The predicted octanol–water partition coefficient (Wildman–Crippen LogP) is 1.39. The Hall–Kier alpha value is -1.70. The minimum absolute atomic E-state index is 0.00768. The second-order valence-corrected chi connectivity index (χ2v) is 3.97. The Morgan fingerprint density at radius 1 is 1.28 bits per heavy atom. The fraction of sp³-hybridized carbons (Fsp3) is 0.500. The molecule has 0 bridgehead atoms. The Labute approximate surface area is 101 Å². The van der Waals surface area contributed by atoms with Gasteiger partial charge in [-0.2, -0.15) is 13.2 Å². The van der Waals surface area contributed by atoms with Crippen LogP contribution in [-0.2, 0) is 6.54 Å². The molecular formula is C10H12F3N5. The number of rotatable bonds is 3. The summed E-state index contributed by atoms with van der Waals surface area (Å²) in [5, 5.41) is 10.1. The van der Waals surface area contributed by atoms with Crippen LogP contribution < -0.4 is 5.32 Å². The average Bonchev–Trinajstić information content (AvgIpc) is 2.59. The van der Waals surface area contributed by atoms with E-state index in [-0.39, 0.29) is 6.54 Å². The molecule has 2 rings (SSSR count). The van der Waals surface area contributed by atoms with Crippen LogP contribution in [0.25, 0.3) is 5.65 Å². The first-order chi connectivity index (χ1) is 8.37. The summed E-state index contributed by atoms with van der Waals surface area (Å²) in [4.78, 5) is 4.22. The summed E-state index contributed by atoms with van der Waals surface area (Å²) < 4.78 is 37.7. The molecule has 0 atom stereocenters. The van der Waals surface area contributed by atoms with Crippen LogP contribution in [-0.4, -0.2) is 32.3 Å². The van der Waals surface area contributed by atoms with E-state index in [1.807, 2.05) is 6.92 Å². The van der Waals surface area contributed by atoms with Crippen molar-refractivity contribution < 1.29 is 13.2 Å². The molecule has 0 spiro atoms. The van der Waals surface area contributed by atoms with E-state index in [2.05, 4.69) is 20.5 Å². The lowest BCUT2D eigenvalue weighted by molar-refractivity contribution is -0.125. The summed E-state index contributed by atoms with van der Waals surface area (Å²) in [6, 6.07) is 1.73. The highest BCUT2D eigenvalue weighted by atomic mass is 19.4. The van der Waals surface area contributed by atoms with Crippen molar-refractivity contribution in [2.24, 2.45) is 0 Å². The molecule has 0 aliphatic rings. The molecule has 8 heteroatoms. The van der Waals surface area contributed by atoms with Gasteiger partial charge in [0.25, 0.3) is 0 Å². The van der Waals surface area contributed by atoms with E-state index in [0.29, 0.717) is 17.3 Å². The van der Waals surface area contributed by atoms with Crippen LogP contribution in [0.2, 0.25) is 0 Å². The maximum Gasteiger partial charge on any atom is 0.401 e. The third kappa shape index (κ3) is 2.76. The summed E-state index contributed by atoms with van der Waals surface area (Å²) in [6.07, 6.45) is -4.23. The topological polar surface area (TPSA) is 55.1 Å². The number of alkyl halides is 3. The average molecular weight is 259 g/mol. The van der Waals surface area contributed by atoms with Crippen molar-refractivity contribution in [3.8, 4) is 0 Å². The van der Waals surface area contributed by atoms with Crippen molar-refractivity contribution in [2.45, 2.75) is 26.6 Å². The van der Waals surface area contributed by atoms with Gasteiger partial charge in [0.2, 0.25) is 0 Å². The highest BCUT2D eigenvalue weighted by Crippen LogP contribution is 2.13. The van der Waals surface area contributed by atoms with E-state index >= 15 is 0 Å². The minimum atomic E-state index is -4.23. The zero-order valence-electron chi connectivity index (χ0n) is 9.91. The fourth-order valence-corrected chi connectivity index (χ4v) is 1.73. The smallest absolute Gasteiger partial charge is 0.302 e. The van der Waals surface area contributed by atoms with Gasteiger partial charge in [-0.1, -0.05) is 0 Å². The van der Waals surface area contributed by atoms with Crippen LogP contribution >= 0.6 is 0 Å². The Bertz CT molecular complexity index is 560. The van der Waals surface area contributed by atoms with Crippen LogP contribution in [0.5, 0.6) is 0 Å². The minimum Gasteiger partial charge on any atom is -0.302 e. The first kappa shape index (κ1) is 12.7. The lowest BCUT2D eigenvalue weighted by Gasteiger charge is -2.08. The third-order valence-electron chi connectivity index (χ3n) is 2.36. The van der Waals surface area contributed by atoms with Crippen molar-refractivity contribution in [2.75, 3.05) is 6.54 Å². The van der Waals surface area contributed by atoms with E-state index in [9.17, 15) is 13.2 Å². The molecule has 0 amide bonds. The standard InChI is InChI=1S/C10H12F3N5/c1-6-3-8-16-17-9(18(8)7(2)15-6)4-14-5-10(11,12)13/h3,14H,4-5H2,1-2H3. The monoisotopic (exact) mass is 259 g/mol.